The SMILES string of the molecule is O=C1CCc2ccc(Cl)c(COC3CCC3)c2N1. The molecule has 1 saturated carbocycles. The van der Waals surface area contributed by atoms with E-state index in [-0.39, 0.29) is 5.91 Å². The molecular weight excluding hydrogens is 250 g/mol. The van der Waals surface area contributed by atoms with Crippen LogP contribution in [-0.4, -0.2) is 12.0 Å². The minimum atomic E-state index is 0.0645. The van der Waals surface area contributed by atoms with Crippen molar-refractivity contribution in [3.8, 4) is 0 Å². The molecule has 0 aromatic heterocycles. The Balaban J connectivity index is 1.84. The Bertz CT molecular complexity index is 483. The molecule has 0 radical (unpaired) electrons. The summed E-state index contributed by atoms with van der Waals surface area (Å²) < 4.78 is 5.81. The first kappa shape index (κ1) is 12.0. The number of amides is 1. The number of hydrogen-bond donors (Lipinski definition) is 1. The van der Waals surface area contributed by atoms with Crippen molar-refractivity contribution in [1.82, 2.24) is 0 Å². The van der Waals surface area contributed by atoms with E-state index in [0.717, 1.165) is 36.1 Å². The molecule has 1 fully saturated rings. The minimum absolute atomic E-state index is 0.0645. The van der Waals surface area contributed by atoms with Gasteiger partial charge in [0.1, 0.15) is 0 Å². The molecule has 0 bridgehead atoms. The van der Waals surface area contributed by atoms with Crippen LogP contribution in [0.1, 0.15) is 36.8 Å². The maximum Gasteiger partial charge on any atom is 0.224 e. The first-order valence-corrected chi connectivity index (χ1v) is 6.83. The lowest BCUT2D eigenvalue weighted by molar-refractivity contribution is -0.116. The molecular formula is C14H16ClNO2. The molecule has 96 valence electrons. The summed E-state index contributed by atoms with van der Waals surface area (Å²) in [5, 5.41) is 3.60. The van der Waals surface area contributed by atoms with Crippen molar-refractivity contribution in [2.75, 3.05) is 5.32 Å². The molecule has 1 aromatic carbocycles. The predicted octanol–water partition coefficient (Wildman–Crippen LogP) is 3.29. The lowest BCUT2D eigenvalue weighted by Gasteiger charge is -2.27. The van der Waals surface area contributed by atoms with Crippen molar-refractivity contribution in [1.29, 1.82) is 0 Å². The quantitative estimate of drug-likeness (QED) is 0.911. The van der Waals surface area contributed by atoms with Crippen molar-refractivity contribution < 1.29 is 9.53 Å². The molecule has 3 nitrogen and oxygen atoms in total. The normalized spacial score (nSPS) is 19.1. The number of nitrogens with one attached hydrogen (secondary N) is 1. The van der Waals surface area contributed by atoms with Gasteiger partial charge < -0.3 is 10.1 Å². The Morgan fingerprint density at radius 1 is 1.33 bits per heavy atom. The summed E-state index contributed by atoms with van der Waals surface area (Å²) in [5.74, 6) is 0.0645. The highest BCUT2D eigenvalue weighted by atomic mass is 35.5. The molecule has 0 spiro atoms. The van der Waals surface area contributed by atoms with Gasteiger partial charge in [-0.25, -0.2) is 0 Å². The lowest BCUT2D eigenvalue weighted by Crippen LogP contribution is -2.23. The van der Waals surface area contributed by atoms with Crippen LogP contribution in [0, 0.1) is 0 Å². The molecule has 1 aliphatic heterocycles. The van der Waals surface area contributed by atoms with Crippen LogP contribution in [0.25, 0.3) is 0 Å². The average molecular weight is 266 g/mol. The van der Waals surface area contributed by atoms with Gasteiger partial charge in [0.15, 0.2) is 0 Å². The lowest BCUT2D eigenvalue weighted by atomic mass is 9.96. The Hall–Kier alpha value is -1.06. The topological polar surface area (TPSA) is 38.3 Å². The number of anilines is 1. The number of benzene rings is 1. The monoisotopic (exact) mass is 265 g/mol. The van der Waals surface area contributed by atoms with E-state index >= 15 is 0 Å². The van der Waals surface area contributed by atoms with Gasteiger partial charge in [0.25, 0.3) is 0 Å². The van der Waals surface area contributed by atoms with Gasteiger partial charge >= 0.3 is 0 Å². The van der Waals surface area contributed by atoms with E-state index in [4.69, 9.17) is 16.3 Å². The number of aryl methyl sites for hydroxylation is 1. The third kappa shape index (κ3) is 2.25. The Labute approximate surface area is 111 Å². The maximum absolute atomic E-state index is 11.5. The van der Waals surface area contributed by atoms with Crippen LogP contribution in [0.5, 0.6) is 0 Å². The van der Waals surface area contributed by atoms with E-state index in [1.807, 2.05) is 12.1 Å². The van der Waals surface area contributed by atoms with Crippen LogP contribution in [0.2, 0.25) is 5.02 Å². The van der Waals surface area contributed by atoms with E-state index in [1.54, 1.807) is 0 Å². The van der Waals surface area contributed by atoms with Gasteiger partial charge in [-0.1, -0.05) is 17.7 Å². The van der Waals surface area contributed by atoms with Crippen LogP contribution >= 0.6 is 11.6 Å². The van der Waals surface area contributed by atoms with Crippen molar-refractivity contribution in [3.05, 3.63) is 28.3 Å². The highest BCUT2D eigenvalue weighted by Crippen LogP contribution is 2.34. The van der Waals surface area contributed by atoms with Gasteiger partial charge in [0.2, 0.25) is 5.91 Å². The number of ether oxygens (including phenoxy) is 1. The zero-order valence-electron chi connectivity index (χ0n) is 10.2. The van der Waals surface area contributed by atoms with Crippen LogP contribution in [-0.2, 0) is 22.6 Å². The van der Waals surface area contributed by atoms with E-state index < -0.39 is 0 Å². The van der Waals surface area contributed by atoms with E-state index in [0.29, 0.717) is 24.2 Å². The summed E-state index contributed by atoms with van der Waals surface area (Å²) in [5.41, 5.74) is 2.96. The second kappa shape index (κ2) is 4.90. The van der Waals surface area contributed by atoms with Crippen molar-refractivity contribution >= 4 is 23.2 Å². The highest BCUT2D eigenvalue weighted by molar-refractivity contribution is 6.32. The van der Waals surface area contributed by atoms with Crippen LogP contribution in [0.3, 0.4) is 0 Å². The zero-order chi connectivity index (χ0) is 12.5. The molecule has 4 heteroatoms. The van der Waals surface area contributed by atoms with Crippen LogP contribution in [0.15, 0.2) is 12.1 Å². The molecule has 0 saturated heterocycles. The molecule has 1 aliphatic carbocycles. The summed E-state index contributed by atoms with van der Waals surface area (Å²) in [6.07, 6.45) is 5.24. The van der Waals surface area contributed by atoms with Crippen molar-refractivity contribution in [2.24, 2.45) is 0 Å². The number of fused-ring (bicyclic) bond motifs is 1. The third-order valence-corrected chi connectivity index (χ3v) is 4.10. The number of halogens is 1. The largest absolute Gasteiger partial charge is 0.373 e. The first-order valence-electron chi connectivity index (χ1n) is 6.46. The fraction of sp³-hybridized carbons (Fsp3) is 0.500. The Kier molecular flexibility index (Phi) is 3.27. The molecule has 0 unspecified atom stereocenters. The van der Waals surface area contributed by atoms with Gasteiger partial charge in [0.05, 0.1) is 18.4 Å². The number of hydrogen-bond acceptors (Lipinski definition) is 2. The Morgan fingerprint density at radius 2 is 2.17 bits per heavy atom. The highest BCUT2D eigenvalue weighted by Gasteiger charge is 2.22. The summed E-state index contributed by atoms with van der Waals surface area (Å²) in [6.45, 7) is 0.493. The Morgan fingerprint density at radius 3 is 2.89 bits per heavy atom. The molecule has 0 atom stereocenters. The maximum atomic E-state index is 11.5. The summed E-state index contributed by atoms with van der Waals surface area (Å²) >= 11 is 6.22. The van der Waals surface area contributed by atoms with Gasteiger partial charge in [0, 0.05) is 17.0 Å². The summed E-state index contributed by atoms with van der Waals surface area (Å²) in [4.78, 5) is 11.5. The molecule has 18 heavy (non-hydrogen) atoms. The predicted molar refractivity (Wildman–Crippen MR) is 70.8 cm³/mol. The molecule has 1 heterocycles. The van der Waals surface area contributed by atoms with Crippen molar-refractivity contribution in [2.45, 2.75) is 44.8 Å². The van der Waals surface area contributed by atoms with Crippen LogP contribution < -0.4 is 5.32 Å². The number of carbonyl (C=O) groups excluding carboxylic acids is 1. The third-order valence-electron chi connectivity index (χ3n) is 3.74. The zero-order valence-corrected chi connectivity index (χ0v) is 10.9. The smallest absolute Gasteiger partial charge is 0.224 e. The minimum Gasteiger partial charge on any atom is -0.373 e. The van der Waals surface area contributed by atoms with Gasteiger partial charge in [-0.2, -0.15) is 0 Å². The van der Waals surface area contributed by atoms with Crippen LogP contribution in [0.4, 0.5) is 5.69 Å². The summed E-state index contributed by atoms with van der Waals surface area (Å²) in [6, 6.07) is 3.89. The average Bonchev–Trinajstić information content (AvgIpc) is 2.30. The first-order chi connectivity index (χ1) is 8.74. The van der Waals surface area contributed by atoms with Crippen molar-refractivity contribution in [3.63, 3.8) is 0 Å². The molecule has 3 rings (SSSR count). The van der Waals surface area contributed by atoms with Gasteiger partial charge in [-0.3, -0.25) is 4.79 Å². The van der Waals surface area contributed by atoms with Gasteiger partial charge in [-0.15, -0.1) is 0 Å². The van der Waals surface area contributed by atoms with E-state index in [2.05, 4.69) is 5.32 Å². The number of carbonyl (C=O) groups is 1. The molecule has 1 N–H and O–H groups in total. The number of rotatable bonds is 3. The van der Waals surface area contributed by atoms with E-state index in [1.165, 1.54) is 6.42 Å². The fourth-order valence-corrected chi connectivity index (χ4v) is 2.58. The molecule has 1 amide bonds. The second-order valence-electron chi connectivity index (χ2n) is 4.97. The fourth-order valence-electron chi connectivity index (χ4n) is 2.36. The summed E-state index contributed by atoms with van der Waals surface area (Å²) in [7, 11) is 0. The van der Waals surface area contributed by atoms with E-state index in [9.17, 15) is 4.79 Å². The molecule has 2 aliphatic rings. The standard InChI is InChI=1S/C14H16ClNO2/c15-12-6-4-9-5-7-13(17)16-14(9)11(12)8-18-10-2-1-3-10/h4,6,10H,1-3,5,7-8H2,(H,16,17). The van der Waals surface area contributed by atoms with Gasteiger partial charge in [-0.05, 0) is 37.3 Å². The molecule has 1 aromatic rings. The second-order valence-corrected chi connectivity index (χ2v) is 5.38.